The SMILES string of the molecule is N#CC[C@@](CS(=O)(=O)Cc1ccccc1OC(F)F)(N=CNS(=O)(=O)c1ccccc1)C(N)=O. The van der Waals surface area contributed by atoms with Crippen LogP contribution in [0.1, 0.15) is 12.0 Å². The van der Waals surface area contributed by atoms with Crippen LogP contribution in [-0.4, -0.2) is 47.0 Å². The van der Waals surface area contributed by atoms with E-state index in [1.807, 2.05) is 4.72 Å². The number of nitrogens with one attached hydrogen (secondary N) is 1. The van der Waals surface area contributed by atoms with Gasteiger partial charge in [0.2, 0.25) is 5.91 Å². The molecule has 3 N–H and O–H groups in total. The highest BCUT2D eigenvalue weighted by Crippen LogP contribution is 2.26. The predicted octanol–water partition coefficient (Wildman–Crippen LogP) is 1.35. The predicted molar refractivity (Wildman–Crippen MR) is 118 cm³/mol. The molecule has 0 aliphatic heterocycles. The van der Waals surface area contributed by atoms with Crippen LogP contribution in [0.25, 0.3) is 0 Å². The number of halogens is 2. The quantitative estimate of drug-likeness (QED) is 0.318. The van der Waals surface area contributed by atoms with Gasteiger partial charge in [-0.15, -0.1) is 0 Å². The number of amides is 1. The van der Waals surface area contributed by atoms with Crippen LogP contribution in [-0.2, 0) is 30.4 Å². The Morgan fingerprint density at radius 2 is 1.76 bits per heavy atom. The zero-order valence-electron chi connectivity index (χ0n) is 17.5. The van der Waals surface area contributed by atoms with E-state index in [1.54, 1.807) is 12.1 Å². The van der Waals surface area contributed by atoms with Gasteiger partial charge in [-0.25, -0.2) is 16.8 Å². The number of para-hydroxylation sites is 1. The van der Waals surface area contributed by atoms with Crippen molar-refractivity contribution in [3.63, 3.8) is 0 Å². The maximum atomic E-state index is 12.8. The summed E-state index contributed by atoms with van der Waals surface area (Å²) in [4.78, 5) is 15.8. The fourth-order valence-electron chi connectivity index (χ4n) is 2.86. The Bertz CT molecular complexity index is 1300. The summed E-state index contributed by atoms with van der Waals surface area (Å²) in [6, 6.07) is 13.9. The second-order valence-corrected chi connectivity index (χ2v) is 10.7. The molecule has 0 bridgehead atoms. The number of ether oxygens (including phenoxy) is 1. The molecule has 14 heteroatoms. The van der Waals surface area contributed by atoms with Crippen molar-refractivity contribution in [3.05, 3.63) is 60.2 Å². The van der Waals surface area contributed by atoms with Crippen molar-refractivity contribution < 1.29 is 35.1 Å². The Labute approximate surface area is 195 Å². The number of sulfonamides is 1. The fourth-order valence-corrected chi connectivity index (χ4v) is 5.56. The van der Waals surface area contributed by atoms with Crippen LogP contribution in [0.3, 0.4) is 0 Å². The van der Waals surface area contributed by atoms with E-state index in [0.717, 1.165) is 6.07 Å². The maximum Gasteiger partial charge on any atom is 0.387 e. The van der Waals surface area contributed by atoms with Crippen molar-refractivity contribution in [2.24, 2.45) is 10.7 Å². The molecular weight excluding hydrogens is 494 g/mol. The number of carbonyl (C=O) groups excluding carboxylic acids is 1. The number of nitrogens with two attached hydrogens (primary N) is 1. The molecule has 0 spiro atoms. The second-order valence-electron chi connectivity index (χ2n) is 6.94. The van der Waals surface area contributed by atoms with Crippen LogP contribution in [0.5, 0.6) is 5.75 Å². The molecule has 1 amide bonds. The molecule has 0 radical (unpaired) electrons. The zero-order chi connectivity index (χ0) is 25.4. The van der Waals surface area contributed by atoms with Gasteiger partial charge in [-0.3, -0.25) is 14.5 Å². The molecule has 2 aromatic rings. The van der Waals surface area contributed by atoms with Gasteiger partial charge in [0.05, 0.1) is 35.2 Å². The van der Waals surface area contributed by atoms with E-state index in [2.05, 4.69) is 9.73 Å². The van der Waals surface area contributed by atoms with Crippen LogP contribution < -0.4 is 15.2 Å². The topological polar surface area (TPSA) is 169 Å². The first-order valence-electron chi connectivity index (χ1n) is 9.42. The number of primary amides is 1. The van der Waals surface area contributed by atoms with Crippen LogP contribution in [0.2, 0.25) is 0 Å². The van der Waals surface area contributed by atoms with Crippen molar-refractivity contribution in [2.45, 2.75) is 29.2 Å². The third-order valence-corrected chi connectivity index (χ3v) is 7.40. The lowest BCUT2D eigenvalue weighted by molar-refractivity contribution is -0.122. The fraction of sp³-hybridized carbons (Fsp3) is 0.250. The minimum absolute atomic E-state index is 0.119. The van der Waals surface area contributed by atoms with Crippen molar-refractivity contribution in [2.75, 3.05) is 5.75 Å². The number of carbonyl (C=O) groups is 1. The first kappa shape index (κ1) is 26.7. The average Bonchev–Trinajstić information content (AvgIpc) is 2.75. The van der Waals surface area contributed by atoms with Gasteiger partial charge in [0.25, 0.3) is 10.0 Å². The van der Waals surface area contributed by atoms with Gasteiger partial charge in [0, 0.05) is 5.56 Å². The third-order valence-electron chi connectivity index (χ3n) is 4.43. The van der Waals surface area contributed by atoms with Gasteiger partial charge < -0.3 is 10.5 Å². The first-order valence-corrected chi connectivity index (χ1v) is 12.7. The lowest BCUT2D eigenvalue weighted by Crippen LogP contribution is -2.48. The molecule has 10 nitrogen and oxygen atoms in total. The number of nitriles is 1. The van der Waals surface area contributed by atoms with Crippen LogP contribution in [0, 0.1) is 11.3 Å². The van der Waals surface area contributed by atoms with E-state index < -0.39 is 55.8 Å². The molecule has 0 saturated heterocycles. The van der Waals surface area contributed by atoms with Gasteiger partial charge in [0.15, 0.2) is 15.4 Å². The van der Waals surface area contributed by atoms with Crippen LogP contribution in [0.15, 0.2) is 64.5 Å². The third kappa shape index (κ3) is 7.22. The minimum Gasteiger partial charge on any atom is -0.435 e. The molecule has 0 unspecified atom stereocenters. The van der Waals surface area contributed by atoms with Gasteiger partial charge in [-0.2, -0.15) is 14.0 Å². The Balaban J connectivity index is 2.33. The summed E-state index contributed by atoms with van der Waals surface area (Å²) >= 11 is 0. The highest BCUT2D eigenvalue weighted by Gasteiger charge is 2.41. The number of alkyl halides is 2. The molecule has 0 saturated carbocycles. The van der Waals surface area contributed by atoms with E-state index in [4.69, 9.17) is 11.0 Å². The normalized spacial score (nSPS) is 13.8. The highest BCUT2D eigenvalue weighted by molar-refractivity contribution is 7.90. The molecular formula is C20H20F2N4O6S2. The van der Waals surface area contributed by atoms with Gasteiger partial charge in [-0.05, 0) is 18.2 Å². The first-order chi connectivity index (χ1) is 15.9. The summed E-state index contributed by atoms with van der Waals surface area (Å²) in [5.41, 5.74) is 2.89. The molecule has 2 aromatic carbocycles. The van der Waals surface area contributed by atoms with E-state index in [-0.39, 0.29) is 16.2 Å². The van der Waals surface area contributed by atoms with Crippen molar-refractivity contribution >= 4 is 32.1 Å². The van der Waals surface area contributed by atoms with Gasteiger partial charge in [-0.1, -0.05) is 36.4 Å². The van der Waals surface area contributed by atoms with Gasteiger partial charge >= 0.3 is 6.61 Å². The Hall–Kier alpha value is -3.57. The second kappa shape index (κ2) is 11.0. The van der Waals surface area contributed by atoms with E-state index in [1.165, 1.54) is 42.5 Å². The summed E-state index contributed by atoms with van der Waals surface area (Å²) < 4.78 is 81.9. The van der Waals surface area contributed by atoms with Crippen molar-refractivity contribution in [3.8, 4) is 11.8 Å². The molecule has 1 atom stereocenters. The summed E-state index contributed by atoms with van der Waals surface area (Å²) in [7, 11) is -8.41. The monoisotopic (exact) mass is 514 g/mol. The molecule has 0 heterocycles. The summed E-state index contributed by atoms with van der Waals surface area (Å²) in [6.45, 7) is -3.20. The average molecular weight is 515 g/mol. The number of hydrogen-bond acceptors (Lipinski definition) is 8. The summed E-state index contributed by atoms with van der Waals surface area (Å²) in [6.07, 6.45) is -0.214. The number of sulfone groups is 1. The summed E-state index contributed by atoms with van der Waals surface area (Å²) in [5.74, 6) is -3.60. The van der Waals surface area contributed by atoms with E-state index in [0.29, 0.717) is 6.34 Å². The highest BCUT2D eigenvalue weighted by atomic mass is 32.2. The summed E-state index contributed by atoms with van der Waals surface area (Å²) in [5, 5.41) is 9.15. The minimum atomic E-state index is -4.30. The van der Waals surface area contributed by atoms with Crippen LogP contribution >= 0.6 is 0 Å². The lowest BCUT2D eigenvalue weighted by Gasteiger charge is -2.23. The number of rotatable bonds is 12. The standard InChI is InChI=1S/C20H20F2N4O6S2/c21-19(22)32-17-9-5-4-6-15(17)12-33(28,29)13-20(10-11-23,18(24)27)25-14-26-34(30,31)16-7-2-1-3-8-16/h1-9,14,19H,10,12-13H2,(H2,24,27)(H,25,26)/t20-/m0/s1. The molecule has 2 rings (SSSR count). The smallest absolute Gasteiger partial charge is 0.387 e. The number of aliphatic imine (C=N–C) groups is 1. The largest absolute Gasteiger partial charge is 0.435 e. The zero-order valence-corrected chi connectivity index (χ0v) is 19.1. The van der Waals surface area contributed by atoms with Crippen molar-refractivity contribution in [1.82, 2.24) is 4.72 Å². The number of hydrogen-bond donors (Lipinski definition) is 2. The Morgan fingerprint density at radius 3 is 2.35 bits per heavy atom. The van der Waals surface area contributed by atoms with Crippen molar-refractivity contribution in [1.29, 1.82) is 5.26 Å². The number of nitrogens with zero attached hydrogens (tertiary/aromatic N) is 2. The Morgan fingerprint density at radius 1 is 1.15 bits per heavy atom. The maximum absolute atomic E-state index is 12.8. The molecule has 34 heavy (non-hydrogen) atoms. The molecule has 0 fully saturated rings. The van der Waals surface area contributed by atoms with Gasteiger partial charge in [0.1, 0.15) is 5.75 Å². The molecule has 182 valence electrons. The van der Waals surface area contributed by atoms with Crippen LogP contribution in [0.4, 0.5) is 8.78 Å². The van der Waals surface area contributed by atoms with E-state index >= 15 is 0 Å². The Kier molecular flexibility index (Phi) is 8.66. The van der Waals surface area contributed by atoms with E-state index in [9.17, 15) is 30.4 Å². The molecule has 0 aliphatic carbocycles. The lowest BCUT2D eigenvalue weighted by atomic mass is 9.99. The number of benzene rings is 2. The molecule has 0 aromatic heterocycles. The molecule has 0 aliphatic rings.